The number of hydrogen-bond acceptors (Lipinski definition) is 1. The van der Waals surface area contributed by atoms with Crippen molar-refractivity contribution in [3.63, 3.8) is 0 Å². The molecule has 0 aromatic carbocycles. The molecule has 1 aliphatic heterocycles. The van der Waals surface area contributed by atoms with Gasteiger partial charge in [0.05, 0.1) is 32.9 Å². The van der Waals surface area contributed by atoms with Gasteiger partial charge in [-0.15, -0.1) is 0 Å². The van der Waals surface area contributed by atoms with E-state index in [1.54, 1.807) is 6.26 Å². The second kappa shape index (κ2) is 4.84. The summed E-state index contributed by atoms with van der Waals surface area (Å²) in [7, 11) is 2.40. The van der Waals surface area contributed by atoms with E-state index in [2.05, 4.69) is 13.1 Å². The highest BCUT2D eigenvalue weighted by molar-refractivity contribution is 4.97. The second-order valence-corrected chi connectivity index (χ2v) is 5.03. The maximum atomic E-state index is 5.33. The van der Waals surface area contributed by atoms with Crippen LogP contribution >= 0.6 is 0 Å². The Morgan fingerprint density at radius 1 is 1.27 bits per heavy atom. The summed E-state index contributed by atoms with van der Waals surface area (Å²) in [5.74, 6) is 1.14. The van der Waals surface area contributed by atoms with Crippen molar-refractivity contribution in [2.45, 2.75) is 32.1 Å². The fourth-order valence-corrected chi connectivity index (χ4v) is 2.57. The third-order valence-electron chi connectivity index (χ3n) is 3.60. The third kappa shape index (κ3) is 3.10. The minimum absolute atomic E-state index is 1.10. The quantitative estimate of drug-likeness (QED) is 0.535. The first-order chi connectivity index (χ1) is 7.29. The van der Waals surface area contributed by atoms with Gasteiger partial charge in [0.25, 0.3) is 0 Å². The first-order valence-electron chi connectivity index (χ1n) is 6.14. The van der Waals surface area contributed by atoms with E-state index in [4.69, 9.17) is 4.42 Å². The number of aryl methyl sites for hydroxylation is 1. The van der Waals surface area contributed by atoms with Crippen LogP contribution in [0.25, 0.3) is 0 Å². The molecule has 1 aliphatic rings. The molecule has 1 fully saturated rings. The van der Waals surface area contributed by atoms with Crippen molar-refractivity contribution in [2.24, 2.45) is 0 Å². The molecule has 2 heterocycles. The maximum absolute atomic E-state index is 5.33. The zero-order chi connectivity index (χ0) is 10.6. The molecule has 2 heteroatoms. The number of quaternary nitrogens is 1. The normalized spacial score (nSPS) is 19.5. The van der Waals surface area contributed by atoms with Crippen molar-refractivity contribution >= 4 is 0 Å². The summed E-state index contributed by atoms with van der Waals surface area (Å²) < 4.78 is 6.63. The zero-order valence-corrected chi connectivity index (χ0v) is 9.74. The second-order valence-electron chi connectivity index (χ2n) is 5.03. The fraction of sp³-hybridized carbons (Fsp3) is 0.692. The lowest BCUT2D eigenvalue weighted by Crippen LogP contribution is -2.41. The number of hydrogen-bond donors (Lipinski definition) is 0. The molecule has 0 radical (unpaired) electrons. The molecular weight excluding hydrogens is 186 g/mol. The van der Waals surface area contributed by atoms with Crippen molar-refractivity contribution in [2.75, 3.05) is 26.7 Å². The molecule has 1 aromatic rings. The summed E-state index contributed by atoms with van der Waals surface area (Å²) in [5, 5.41) is 0. The van der Waals surface area contributed by atoms with Crippen molar-refractivity contribution in [1.82, 2.24) is 0 Å². The molecule has 0 spiro atoms. The summed E-state index contributed by atoms with van der Waals surface area (Å²) >= 11 is 0. The molecule has 2 rings (SSSR count). The predicted octanol–water partition coefficient (Wildman–Crippen LogP) is 2.84. The van der Waals surface area contributed by atoms with Crippen LogP contribution in [0.15, 0.2) is 22.8 Å². The Morgan fingerprint density at radius 3 is 2.73 bits per heavy atom. The average Bonchev–Trinajstić information content (AvgIpc) is 2.84. The van der Waals surface area contributed by atoms with Crippen molar-refractivity contribution in [3.05, 3.63) is 24.2 Å². The number of unbranched alkanes of at least 4 members (excludes halogenated alkanes) is 1. The molecule has 0 atom stereocenters. The first-order valence-corrected chi connectivity index (χ1v) is 6.14. The van der Waals surface area contributed by atoms with Crippen LogP contribution in [0.2, 0.25) is 0 Å². The molecule has 1 saturated heterocycles. The number of rotatable bonds is 5. The summed E-state index contributed by atoms with van der Waals surface area (Å²) in [4.78, 5) is 0. The minimum atomic E-state index is 1.10. The molecule has 0 bridgehead atoms. The van der Waals surface area contributed by atoms with E-state index in [0.717, 1.165) is 12.2 Å². The van der Waals surface area contributed by atoms with Gasteiger partial charge in [0, 0.05) is 19.3 Å². The zero-order valence-electron chi connectivity index (χ0n) is 9.74. The molecule has 1 aromatic heterocycles. The summed E-state index contributed by atoms with van der Waals surface area (Å²) in [6, 6.07) is 4.05. The number of furan rings is 1. The van der Waals surface area contributed by atoms with E-state index in [9.17, 15) is 0 Å². The van der Waals surface area contributed by atoms with Crippen LogP contribution in [0.5, 0.6) is 0 Å². The van der Waals surface area contributed by atoms with E-state index in [1.807, 2.05) is 6.07 Å². The predicted molar refractivity (Wildman–Crippen MR) is 61.7 cm³/mol. The summed E-state index contributed by atoms with van der Waals surface area (Å²) in [6.45, 7) is 4.13. The van der Waals surface area contributed by atoms with Gasteiger partial charge in [0.2, 0.25) is 0 Å². The summed E-state index contributed by atoms with van der Waals surface area (Å²) in [6.07, 6.45) is 8.32. The van der Waals surface area contributed by atoms with Gasteiger partial charge in [-0.1, -0.05) is 0 Å². The molecule has 0 saturated carbocycles. The Hall–Kier alpha value is -0.760. The minimum Gasteiger partial charge on any atom is -0.469 e. The van der Waals surface area contributed by atoms with Gasteiger partial charge in [0.1, 0.15) is 5.76 Å². The van der Waals surface area contributed by atoms with Crippen LogP contribution in [0.1, 0.15) is 31.4 Å². The molecular formula is C13H22NO+. The van der Waals surface area contributed by atoms with Crippen LogP contribution in [-0.4, -0.2) is 31.2 Å². The Labute approximate surface area is 92.5 Å². The van der Waals surface area contributed by atoms with Crippen molar-refractivity contribution in [1.29, 1.82) is 0 Å². The molecule has 0 amide bonds. The smallest absolute Gasteiger partial charge is 0.103 e. The molecule has 0 N–H and O–H groups in total. The lowest BCUT2D eigenvalue weighted by atomic mass is 10.2. The molecule has 84 valence electrons. The molecule has 0 unspecified atom stereocenters. The molecule has 0 aliphatic carbocycles. The Kier molecular flexibility index (Phi) is 3.47. The highest BCUT2D eigenvalue weighted by Crippen LogP contribution is 2.17. The van der Waals surface area contributed by atoms with Gasteiger partial charge < -0.3 is 8.90 Å². The third-order valence-corrected chi connectivity index (χ3v) is 3.60. The largest absolute Gasteiger partial charge is 0.469 e. The average molecular weight is 208 g/mol. The maximum Gasteiger partial charge on any atom is 0.103 e. The van der Waals surface area contributed by atoms with Gasteiger partial charge in [0.15, 0.2) is 0 Å². The van der Waals surface area contributed by atoms with E-state index in [0.29, 0.717) is 0 Å². The molecule has 2 nitrogen and oxygen atoms in total. The first kappa shape index (κ1) is 10.7. The van der Waals surface area contributed by atoms with Crippen LogP contribution in [-0.2, 0) is 6.42 Å². The Balaban J connectivity index is 1.62. The van der Waals surface area contributed by atoms with Gasteiger partial charge >= 0.3 is 0 Å². The van der Waals surface area contributed by atoms with Crippen LogP contribution in [0.3, 0.4) is 0 Å². The fourth-order valence-electron chi connectivity index (χ4n) is 2.57. The lowest BCUT2D eigenvalue weighted by molar-refractivity contribution is -0.897. The Bertz CT molecular complexity index is 273. The van der Waals surface area contributed by atoms with Crippen LogP contribution in [0.4, 0.5) is 0 Å². The SMILES string of the molecule is C[N+]1(CCCCc2ccco2)CCCC1. The van der Waals surface area contributed by atoms with Crippen molar-refractivity contribution in [3.8, 4) is 0 Å². The van der Waals surface area contributed by atoms with E-state index < -0.39 is 0 Å². The lowest BCUT2D eigenvalue weighted by Gasteiger charge is -2.29. The van der Waals surface area contributed by atoms with E-state index in [-0.39, 0.29) is 0 Å². The molecule has 15 heavy (non-hydrogen) atoms. The van der Waals surface area contributed by atoms with Crippen molar-refractivity contribution < 1.29 is 8.90 Å². The van der Waals surface area contributed by atoms with Crippen LogP contribution in [0, 0.1) is 0 Å². The van der Waals surface area contributed by atoms with E-state index in [1.165, 1.54) is 49.8 Å². The van der Waals surface area contributed by atoms with Gasteiger partial charge in [-0.3, -0.25) is 0 Å². The van der Waals surface area contributed by atoms with Gasteiger partial charge in [-0.05, 0) is 25.0 Å². The van der Waals surface area contributed by atoms with E-state index >= 15 is 0 Å². The summed E-state index contributed by atoms with van der Waals surface area (Å²) in [5.41, 5.74) is 0. The van der Waals surface area contributed by atoms with Crippen LogP contribution < -0.4 is 0 Å². The topological polar surface area (TPSA) is 13.1 Å². The highest BCUT2D eigenvalue weighted by atomic mass is 16.3. The number of nitrogens with zero attached hydrogens (tertiary/aromatic N) is 1. The van der Waals surface area contributed by atoms with Gasteiger partial charge in [-0.25, -0.2) is 0 Å². The Morgan fingerprint density at radius 2 is 2.07 bits per heavy atom. The number of likely N-dealkylation sites (tertiary alicyclic amines) is 1. The van der Waals surface area contributed by atoms with Gasteiger partial charge in [-0.2, -0.15) is 0 Å². The standard InChI is InChI=1S/C13H22NO/c1-14(10-4-5-11-14)9-3-2-7-13-8-6-12-15-13/h6,8,12H,2-5,7,9-11H2,1H3/q+1. The monoisotopic (exact) mass is 208 g/mol. The highest BCUT2D eigenvalue weighted by Gasteiger charge is 2.25.